The Morgan fingerprint density at radius 2 is 2.06 bits per heavy atom. The summed E-state index contributed by atoms with van der Waals surface area (Å²) in [7, 11) is 1.33. The number of oxime groups is 1. The van der Waals surface area contributed by atoms with E-state index in [4.69, 9.17) is 10.3 Å². The number of carbonyl (C=O) groups excluding carboxylic acids is 1. The van der Waals surface area contributed by atoms with Crippen LogP contribution < -0.4 is 0 Å². The van der Waals surface area contributed by atoms with Crippen molar-refractivity contribution in [2.75, 3.05) is 7.11 Å². The van der Waals surface area contributed by atoms with Crippen LogP contribution in [-0.2, 0) is 21.0 Å². The Morgan fingerprint density at radius 3 is 2.61 bits per heavy atom. The molecule has 0 heterocycles. The van der Waals surface area contributed by atoms with Gasteiger partial charge in [-0.2, -0.15) is 4.79 Å². The Kier molecular flexibility index (Phi) is 5.28. The van der Waals surface area contributed by atoms with Crippen molar-refractivity contribution in [1.29, 1.82) is 0 Å². The lowest BCUT2D eigenvalue weighted by atomic mass is 10.2. The lowest BCUT2D eigenvalue weighted by Crippen LogP contribution is -2.25. The van der Waals surface area contributed by atoms with Crippen molar-refractivity contribution in [2.45, 2.75) is 13.5 Å². The molecule has 0 saturated heterocycles. The van der Waals surface area contributed by atoms with Gasteiger partial charge in [0.2, 0.25) is 0 Å². The third-order valence-corrected chi connectivity index (χ3v) is 2.08. The van der Waals surface area contributed by atoms with E-state index in [1.54, 1.807) is 0 Å². The van der Waals surface area contributed by atoms with E-state index in [0.29, 0.717) is 0 Å². The topological polar surface area (TPSA) is 84.3 Å². The van der Waals surface area contributed by atoms with E-state index in [1.807, 2.05) is 30.3 Å². The van der Waals surface area contributed by atoms with Gasteiger partial charge < -0.3 is 15.1 Å². The molecule has 0 fully saturated rings. The summed E-state index contributed by atoms with van der Waals surface area (Å²) >= 11 is 0. The second-order valence-corrected chi connectivity index (χ2v) is 3.37. The summed E-state index contributed by atoms with van der Waals surface area (Å²) in [6.45, 7) is 1.57. The van der Waals surface area contributed by atoms with Crippen LogP contribution in [0.1, 0.15) is 12.5 Å². The lowest BCUT2D eigenvalue weighted by molar-refractivity contribution is -0.140. The minimum absolute atomic E-state index is 0.0962. The van der Waals surface area contributed by atoms with Crippen LogP contribution in [0.3, 0.4) is 0 Å². The standard InChI is InChI=1S/C12H13N3O3/c1-9(15-17-2)11(14-13)12(16)18-8-10-6-4-3-5-7-10/h3-7H,8H2,1-2H3/b15-9+. The van der Waals surface area contributed by atoms with Crippen molar-refractivity contribution in [1.82, 2.24) is 0 Å². The highest BCUT2D eigenvalue weighted by molar-refractivity contribution is 6.63. The maximum Gasteiger partial charge on any atom is 0.424 e. The molecule has 0 aliphatic heterocycles. The fraction of sp³-hybridized carbons (Fsp3) is 0.250. The fourth-order valence-corrected chi connectivity index (χ4v) is 1.23. The molecule has 0 aliphatic carbocycles. The Labute approximate surface area is 104 Å². The summed E-state index contributed by atoms with van der Waals surface area (Å²) in [5.41, 5.74) is 9.43. The fourth-order valence-electron chi connectivity index (χ4n) is 1.23. The molecule has 0 saturated carbocycles. The molecule has 94 valence electrons. The van der Waals surface area contributed by atoms with E-state index in [0.717, 1.165) is 5.56 Å². The molecule has 1 aromatic rings. The average molecular weight is 247 g/mol. The summed E-state index contributed by atoms with van der Waals surface area (Å²) in [5, 5.41) is 3.50. The largest absolute Gasteiger partial charge is 0.452 e. The zero-order valence-corrected chi connectivity index (χ0v) is 10.2. The summed E-state index contributed by atoms with van der Waals surface area (Å²) < 4.78 is 4.98. The third-order valence-electron chi connectivity index (χ3n) is 2.08. The minimum Gasteiger partial charge on any atom is -0.452 e. The lowest BCUT2D eigenvalue weighted by Gasteiger charge is -2.01. The van der Waals surface area contributed by atoms with Crippen LogP contribution in [0, 0.1) is 0 Å². The molecule has 0 amide bonds. The molecule has 0 bridgehead atoms. The number of esters is 1. The molecule has 18 heavy (non-hydrogen) atoms. The van der Waals surface area contributed by atoms with E-state index < -0.39 is 5.97 Å². The molecule has 6 nitrogen and oxygen atoms in total. The van der Waals surface area contributed by atoms with Crippen molar-refractivity contribution < 1.29 is 19.2 Å². The monoisotopic (exact) mass is 247 g/mol. The molecule has 0 radical (unpaired) electrons. The van der Waals surface area contributed by atoms with Gasteiger partial charge in [0.1, 0.15) is 13.7 Å². The Bertz CT molecular complexity index is 491. The number of hydrogen-bond acceptors (Lipinski definition) is 4. The van der Waals surface area contributed by atoms with Gasteiger partial charge in [0, 0.05) is 0 Å². The Morgan fingerprint density at radius 1 is 1.39 bits per heavy atom. The highest BCUT2D eigenvalue weighted by Crippen LogP contribution is 2.01. The Balaban J connectivity index is 2.65. The van der Waals surface area contributed by atoms with Crippen LogP contribution >= 0.6 is 0 Å². The summed E-state index contributed by atoms with van der Waals surface area (Å²) in [4.78, 5) is 19.0. The molecule has 0 atom stereocenters. The van der Waals surface area contributed by atoms with E-state index >= 15 is 0 Å². The smallest absolute Gasteiger partial charge is 0.424 e. The maximum atomic E-state index is 11.6. The molecule has 0 N–H and O–H groups in total. The summed E-state index contributed by atoms with van der Waals surface area (Å²) in [6, 6.07) is 9.17. The normalized spacial score (nSPS) is 10.4. The minimum atomic E-state index is -0.764. The van der Waals surface area contributed by atoms with Crippen molar-refractivity contribution in [3.63, 3.8) is 0 Å². The average Bonchev–Trinajstić information content (AvgIpc) is 2.39. The predicted molar refractivity (Wildman–Crippen MR) is 65.0 cm³/mol. The zero-order chi connectivity index (χ0) is 13.4. The third kappa shape index (κ3) is 3.84. The SMILES string of the molecule is CO/N=C(\C)C(=[N+]=[N-])C(=O)OCc1ccccc1. The maximum absolute atomic E-state index is 11.6. The molecular weight excluding hydrogens is 234 g/mol. The second-order valence-electron chi connectivity index (χ2n) is 3.37. The molecular formula is C12H13N3O3. The first-order valence-electron chi connectivity index (χ1n) is 5.20. The van der Waals surface area contributed by atoms with Gasteiger partial charge in [0.15, 0.2) is 5.71 Å². The van der Waals surface area contributed by atoms with E-state index in [1.165, 1.54) is 14.0 Å². The molecule has 0 spiro atoms. The first-order chi connectivity index (χ1) is 8.69. The highest BCUT2D eigenvalue weighted by Gasteiger charge is 2.26. The van der Waals surface area contributed by atoms with Crippen LogP contribution in [0.4, 0.5) is 0 Å². The van der Waals surface area contributed by atoms with Crippen molar-refractivity contribution in [2.24, 2.45) is 5.16 Å². The second kappa shape index (κ2) is 6.98. The van der Waals surface area contributed by atoms with Gasteiger partial charge in [-0.3, -0.25) is 0 Å². The van der Waals surface area contributed by atoms with Crippen LogP contribution in [-0.4, -0.2) is 29.3 Å². The number of hydrogen-bond donors (Lipinski definition) is 0. The van der Waals surface area contributed by atoms with Crippen molar-refractivity contribution in [3.05, 3.63) is 41.4 Å². The highest BCUT2D eigenvalue weighted by atomic mass is 16.6. The van der Waals surface area contributed by atoms with Gasteiger partial charge in [-0.15, -0.1) is 0 Å². The number of benzene rings is 1. The molecule has 6 heteroatoms. The first-order valence-corrected chi connectivity index (χ1v) is 5.20. The van der Waals surface area contributed by atoms with Gasteiger partial charge in [-0.1, -0.05) is 35.5 Å². The van der Waals surface area contributed by atoms with Gasteiger partial charge in [-0.25, -0.2) is 4.79 Å². The van der Waals surface area contributed by atoms with Crippen LogP contribution in [0.15, 0.2) is 35.5 Å². The Hall–Kier alpha value is -2.46. The van der Waals surface area contributed by atoms with Gasteiger partial charge >= 0.3 is 11.7 Å². The number of carbonyl (C=O) groups is 1. The van der Waals surface area contributed by atoms with Crippen molar-refractivity contribution in [3.8, 4) is 0 Å². The quantitative estimate of drug-likeness (QED) is 0.259. The van der Waals surface area contributed by atoms with E-state index in [-0.39, 0.29) is 18.0 Å². The van der Waals surface area contributed by atoms with Gasteiger partial charge in [0.05, 0.1) is 0 Å². The predicted octanol–water partition coefficient (Wildman–Crippen LogP) is 1.42. The van der Waals surface area contributed by atoms with Gasteiger partial charge in [0.25, 0.3) is 0 Å². The summed E-state index contributed by atoms with van der Waals surface area (Å²) in [6.07, 6.45) is 0. The molecule has 1 aromatic carbocycles. The number of nitrogens with zero attached hydrogens (tertiary/aromatic N) is 3. The van der Waals surface area contributed by atoms with Crippen LogP contribution in [0.25, 0.3) is 5.53 Å². The molecule has 1 rings (SSSR count). The van der Waals surface area contributed by atoms with Crippen molar-refractivity contribution >= 4 is 17.4 Å². The zero-order valence-electron chi connectivity index (χ0n) is 10.2. The molecule has 0 aromatic heterocycles. The van der Waals surface area contributed by atoms with Crippen LogP contribution in [0.5, 0.6) is 0 Å². The van der Waals surface area contributed by atoms with Crippen LogP contribution in [0.2, 0.25) is 0 Å². The van der Waals surface area contributed by atoms with Gasteiger partial charge in [-0.05, 0) is 12.5 Å². The first kappa shape index (κ1) is 13.6. The number of ether oxygens (including phenoxy) is 1. The van der Waals surface area contributed by atoms with E-state index in [9.17, 15) is 4.79 Å². The van der Waals surface area contributed by atoms with E-state index in [2.05, 4.69) is 14.8 Å². The summed E-state index contributed by atoms with van der Waals surface area (Å²) in [5.74, 6) is -0.764. The molecule has 0 unspecified atom stereocenters. The number of rotatable bonds is 5. The molecule has 0 aliphatic rings.